The number of carboxylic acid groups (broad SMARTS) is 1. The molecule has 0 amide bonds. The van der Waals surface area contributed by atoms with Crippen molar-refractivity contribution >= 4 is 18.4 Å². The topological polar surface area (TPSA) is 63.3 Å². The van der Waals surface area contributed by atoms with Crippen LogP contribution in [0.5, 0.6) is 0 Å². The molecular formula is C6H14ClNO2. The summed E-state index contributed by atoms with van der Waals surface area (Å²) in [5.74, 6) is -0.602. The van der Waals surface area contributed by atoms with Gasteiger partial charge in [-0.25, -0.2) is 0 Å². The van der Waals surface area contributed by atoms with Gasteiger partial charge in [0.1, 0.15) is 0 Å². The molecule has 0 radical (unpaired) electrons. The zero-order valence-electron chi connectivity index (χ0n) is 6.04. The summed E-state index contributed by atoms with van der Waals surface area (Å²) in [6, 6.07) is 0. The van der Waals surface area contributed by atoms with Crippen LogP contribution in [0.25, 0.3) is 0 Å². The summed E-state index contributed by atoms with van der Waals surface area (Å²) in [5.41, 5.74) is 5.27. The molecule has 0 saturated heterocycles. The molecule has 10 heavy (non-hydrogen) atoms. The van der Waals surface area contributed by atoms with E-state index in [2.05, 4.69) is 0 Å². The fourth-order valence-electron chi connectivity index (χ4n) is 0.641. The first-order valence-corrected chi connectivity index (χ1v) is 3.12. The fourth-order valence-corrected chi connectivity index (χ4v) is 0.641. The van der Waals surface area contributed by atoms with Gasteiger partial charge in [-0.1, -0.05) is 13.3 Å². The molecule has 0 fully saturated rings. The van der Waals surface area contributed by atoms with Crippen LogP contribution in [0.15, 0.2) is 0 Å². The molecule has 0 bridgehead atoms. The maximum absolute atomic E-state index is 10.1. The Hall–Kier alpha value is -0.280. The highest BCUT2D eigenvalue weighted by Gasteiger charge is 2.07. The Morgan fingerprint density at radius 2 is 2.20 bits per heavy atom. The van der Waals surface area contributed by atoms with Crippen LogP contribution in [0, 0.1) is 5.92 Å². The van der Waals surface area contributed by atoms with Gasteiger partial charge in [-0.2, -0.15) is 0 Å². The van der Waals surface area contributed by atoms with Crippen molar-refractivity contribution in [3.63, 3.8) is 0 Å². The van der Waals surface area contributed by atoms with Crippen molar-refractivity contribution in [3.8, 4) is 0 Å². The second kappa shape index (κ2) is 6.83. The molecular weight excluding hydrogens is 154 g/mol. The minimum absolute atomic E-state index is 0. The van der Waals surface area contributed by atoms with Gasteiger partial charge in [-0.3, -0.25) is 4.79 Å². The third-order valence-corrected chi connectivity index (χ3v) is 1.37. The van der Waals surface area contributed by atoms with Gasteiger partial charge in [-0.05, 0) is 12.5 Å². The number of aliphatic carboxylic acids is 1. The first kappa shape index (κ1) is 12.4. The van der Waals surface area contributed by atoms with Gasteiger partial charge in [0.05, 0.1) is 0 Å². The van der Waals surface area contributed by atoms with E-state index in [1.54, 1.807) is 0 Å². The number of halogens is 1. The second-order valence-corrected chi connectivity index (χ2v) is 2.11. The molecule has 0 rings (SSSR count). The van der Waals surface area contributed by atoms with E-state index in [-0.39, 0.29) is 24.7 Å². The van der Waals surface area contributed by atoms with E-state index >= 15 is 0 Å². The molecule has 0 aliphatic rings. The highest BCUT2D eigenvalue weighted by molar-refractivity contribution is 5.85. The highest BCUT2D eigenvalue weighted by atomic mass is 35.5. The quantitative estimate of drug-likeness (QED) is 0.653. The summed E-state index contributed by atoms with van der Waals surface area (Å²) in [4.78, 5) is 10.1. The Labute approximate surface area is 67.0 Å². The molecule has 4 heteroatoms. The van der Waals surface area contributed by atoms with E-state index < -0.39 is 5.97 Å². The molecule has 3 nitrogen and oxygen atoms in total. The van der Waals surface area contributed by atoms with E-state index in [0.29, 0.717) is 6.54 Å². The van der Waals surface area contributed by atoms with E-state index in [0.717, 1.165) is 6.42 Å². The number of carboxylic acids is 1. The van der Waals surface area contributed by atoms with Gasteiger partial charge >= 0.3 is 5.97 Å². The van der Waals surface area contributed by atoms with Crippen LogP contribution >= 0.6 is 12.4 Å². The van der Waals surface area contributed by atoms with Gasteiger partial charge in [0.2, 0.25) is 0 Å². The van der Waals surface area contributed by atoms with Crippen LogP contribution in [0.4, 0.5) is 0 Å². The van der Waals surface area contributed by atoms with Crippen LogP contribution in [-0.4, -0.2) is 17.6 Å². The smallest absolute Gasteiger partial charge is 0.303 e. The monoisotopic (exact) mass is 167 g/mol. The summed E-state index contributed by atoms with van der Waals surface area (Å²) in [7, 11) is 0. The predicted molar refractivity (Wildman–Crippen MR) is 42.3 cm³/mol. The summed E-state index contributed by atoms with van der Waals surface area (Å²) < 4.78 is 0. The third kappa shape index (κ3) is 5.85. The van der Waals surface area contributed by atoms with E-state index in [1.807, 2.05) is 6.92 Å². The average molecular weight is 168 g/mol. The van der Waals surface area contributed by atoms with Crippen LogP contribution in [-0.2, 0) is 4.79 Å². The molecule has 0 aromatic rings. The van der Waals surface area contributed by atoms with Crippen LogP contribution < -0.4 is 5.73 Å². The zero-order chi connectivity index (χ0) is 7.28. The first-order chi connectivity index (χ1) is 4.20. The Morgan fingerprint density at radius 3 is 2.30 bits per heavy atom. The first-order valence-electron chi connectivity index (χ1n) is 3.12. The van der Waals surface area contributed by atoms with Crippen molar-refractivity contribution in [2.75, 3.05) is 6.54 Å². The van der Waals surface area contributed by atoms with E-state index in [4.69, 9.17) is 10.8 Å². The van der Waals surface area contributed by atoms with Crippen LogP contribution in [0.2, 0.25) is 0 Å². The lowest BCUT2D eigenvalue weighted by Crippen LogP contribution is -2.16. The number of nitrogens with two attached hydrogens (primary N) is 1. The Balaban J connectivity index is 0. The van der Waals surface area contributed by atoms with Crippen molar-refractivity contribution in [2.24, 2.45) is 11.7 Å². The van der Waals surface area contributed by atoms with E-state index in [1.165, 1.54) is 0 Å². The normalized spacial score (nSPS) is 11.8. The third-order valence-electron chi connectivity index (χ3n) is 1.37. The minimum atomic E-state index is -0.757. The maximum Gasteiger partial charge on any atom is 0.303 e. The molecule has 62 valence electrons. The molecule has 0 saturated carbocycles. The summed E-state index contributed by atoms with van der Waals surface area (Å²) >= 11 is 0. The zero-order valence-corrected chi connectivity index (χ0v) is 6.86. The van der Waals surface area contributed by atoms with Gasteiger partial charge in [0.25, 0.3) is 0 Å². The van der Waals surface area contributed by atoms with E-state index in [9.17, 15) is 4.79 Å². The lowest BCUT2D eigenvalue weighted by molar-refractivity contribution is -0.138. The predicted octanol–water partition coefficient (Wildman–Crippen LogP) is 0.868. The van der Waals surface area contributed by atoms with Crippen LogP contribution in [0.3, 0.4) is 0 Å². The Morgan fingerprint density at radius 1 is 1.70 bits per heavy atom. The summed E-state index contributed by atoms with van der Waals surface area (Å²) in [6.07, 6.45) is 1.05. The van der Waals surface area contributed by atoms with Gasteiger partial charge in [0, 0.05) is 6.42 Å². The number of hydrogen-bond donors (Lipinski definition) is 2. The SMILES string of the molecule is CCC(CN)CC(=O)O.Cl. The average Bonchev–Trinajstić information content (AvgIpc) is 1.82. The molecule has 0 heterocycles. The molecule has 0 aromatic carbocycles. The van der Waals surface area contributed by atoms with Crippen LogP contribution in [0.1, 0.15) is 19.8 Å². The lowest BCUT2D eigenvalue weighted by Gasteiger charge is -2.06. The fraction of sp³-hybridized carbons (Fsp3) is 0.833. The van der Waals surface area contributed by atoms with Crippen molar-refractivity contribution in [1.82, 2.24) is 0 Å². The lowest BCUT2D eigenvalue weighted by atomic mass is 10.0. The molecule has 3 N–H and O–H groups in total. The van der Waals surface area contributed by atoms with Crippen molar-refractivity contribution in [2.45, 2.75) is 19.8 Å². The maximum atomic E-state index is 10.1. The van der Waals surface area contributed by atoms with Crippen molar-refractivity contribution in [3.05, 3.63) is 0 Å². The number of carbonyl (C=O) groups is 1. The molecule has 1 unspecified atom stereocenters. The molecule has 1 atom stereocenters. The number of rotatable bonds is 4. The van der Waals surface area contributed by atoms with Crippen molar-refractivity contribution < 1.29 is 9.90 Å². The second-order valence-electron chi connectivity index (χ2n) is 2.11. The number of hydrogen-bond acceptors (Lipinski definition) is 2. The summed E-state index contributed by atoms with van der Waals surface area (Å²) in [6.45, 7) is 2.42. The standard InChI is InChI=1S/C6H13NO2.ClH/c1-2-5(4-7)3-6(8)9;/h5H,2-4,7H2,1H3,(H,8,9);1H. The molecule has 0 aliphatic carbocycles. The molecule has 0 spiro atoms. The van der Waals surface area contributed by atoms with Gasteiger partial charge in [-0.15, -0.1) is 12.4 Å². The van der Waals surface area contributed by atoms with Crippen molar-refractivity contribution in [1.29, 1.82) is 0 Å². The van der Waals surface area contributed by atoms with Gasteiger partial charge < -0.3 is 10.8 Å². The minimum Gasteiger partial charge on any atom is -0.481 e. The molecule has 0 aromatic heterocycles. The Bertz CT molecular complexity index is 93.7. The molecule has 0 aliphatic heterocycles. The largest absolute Gasteiger partial charge is 0.481 e. The van der Waals surface area contributed by atoms with Gasteiger partial charge in [0.15, 0.2) is 0 Å². The highest BCUT2D eigenvalue weighted by Crippen LogP contribution is 2.04. The Kier molecular flexibility index (Phi) is 8.48. The summed E-state index contributed by atoms with van der Waals surface area (Å²) in [5, 5.41) is 8.29.